The summed E-state index contributed by atoms with van der Waals surface area (Å²) in [5.74, 6) is -2.63. The van der Waals surface area contributed by atoms with Crippen LogP contribution in [-0.2, 0) is 9.59 Å². The minimum Gasteiger partial charge on any atom is -0.504 e. The Hall–Kier alpha value is -3.76. The van der Waals surface area contributed by atoms with Crippen molar-refractivity contribution in [2.24, 2.45) is 0 Å². The largest absolute Gasteiger partial charge is 0.504 e. The number of phenolic OH excluding ortho intramolecular Hbond substituents is 2. The number of carbonyl (C=O) groups excluding carboxylic acids is 1. The molecule has 0 aliphatic rings. The van der Waals surface area contributed by atoms with Crippen molar-refractivity contribution in [1.82, 2.24) is 10.2 Å². The number of aromatic amines is 1. The fraction of sp³-hybridized carbons (Fsp3) is 0.211. The maximum absolute atomic E-state index is 11.7. The van der Waals surface area contributed by atoms with E-state index in [0.29, 0.717) is 12.2 Å². The van der Waals surface area contributed by atoms with E-state index in [9.17, 15) is 28.2 Å². The molecule has 1 heterocycles. The lowest BCUT2D eigenvalue weighted by Gasteiger charge is -2.05. The number of aliphatic carboxylic acids is 1. The van der Waals surface area contributed by atoms with E-state index >= 15 is 0 Å². The van der Waals surface area contributed by atoms with Crippen molar-refractivity contribution in [3.8, 4) is 22.6 Å². The van der Waals surface area contributed by atoms with Crippen molar-refractivity contribution in [1.29, 1.82) is 0 Å². The van der Waals surface area contributed by atoms with Gasteiger partial charge in [-0.3, -0.25) is 9.89 Å². The van der Waals surface area contributed by atoms with Crippen LogP contribution in [0.1, 0.15) is 19.8 Å². The third-order valence-electron chi connectivity index (χ3n) is 3.85. The van der Waals surface area contributed by atoms with E-state index in [1.807, 2.05) is 25.1 Å². The number of phenols is 2. The predicted octanol–water partition coefficient (Wildman–Crippen LogP) is 4.01. The summed E-state index contributed by atoms with van der Waals surface area (Å²) in [7, 11) is 0. The standard InChI is InChI=1S/C17H17N3O3.C2HF3O2/c1-2-3-16(23)18-17-12-6-4-10(8-13(12)19-20-17)11-5-7-14(21)15(22)9-11;3-2(4,5)1(6)7/h4-9,21-22H,2-3H2,1H3,(H2,18,19,20,23);(H,6,7). The number of nitrogens with one attached hydrogen (secondary N) is 2. The average Bonchev–Trinajstić information content (AvgIpc) is 3.06. The van der Waals surface area contributed by atoms with Crippen molar-refractivity contribution in [3.63, 3.8) is 0 Å². The molecule has 0 bridgehead atoms. The van der Waals surface area contributed by atoms with Gasteiger partial charge in [0.1, 0.15) is 0 Å². The predicted molar refractivity (Wildman–Crippen MR) is 102 cm³/mol. The second-order valence-corrected chi connectivity index (χ2v) is 6.14. The lowest BCUT2D eigenvalue weighted by molar-refractivity contribution is -0.192. The van der Waals surface area contributed by atoms with Crippen molar-refractivity contribution in [2.75, 3.05) is 5.32 Å². The molecular formula is C19H18F3N3O5. The molecule has 11 heteroatoms. The number of halogens is 3. The number of benzene rings is 2. The van der Waals surface area contributed by atoms with Gasteiger partial charge in [0, 0.05) is 11.8 Å². The van der Waals surface area contributed by atoms with Gasteiger partial charge in [-0.2, -0.15) is 18.3 Å². The van der Waals surface area contributed by atoms with Crippen LogP contribution in [0.3, 0.4) is 0 Å². The van der Waals surface area contributed by atoms with Crippen LogP contribution in [0.5, 0.6) is 11.5 Å². The van der Waals surface area contributed by atoms with Gasteiger partial charge in [-0.1, -0.05) is 19.1 Å². The molecule has 8 nitrogen and oxygen atoms in total. The number of carboxylic acids is 1. The summed E-state index contributed by atoms with van der Waals surface area (Å²) in [5.41, 5.74) is 2.41. The molecule has 0 spiro atoms. The summed E-state index contributed by atoms with van der Waals surface area (Å²) in [4.78, 5) is 20.6. The van der Waals surface area contributed by atoms with Crippen LogP contribution in [-0.4, -0.2) is 43.6 Å². The number of aromatic hydroxyl groups is 2. The molecule has 0 unspecified atom stereocenters. The number of carbonyl (C=O) groups is 2. The Balaban J connectivity index is 0.000000396. The first-order chi connectivity index (χ1) is 14.0. The smallest absolute Gasteiger partial charge is 0.490 e. The van der Waals surface area contributed by atoms with Crippen LogP contribution in [0.2, 0.25) is 0 Å². The Bertz CT molecular complexity index is 1060. The van der Waals surface area contributed by atoms with Gasteiger partial charge >= 0.3 is 12.1 Å². The molecule has 0 atom stereocenters. The van der Waals surface area contributed by atoms with E-state index in [4.69, 9.17) is 9.90 Å². The zero-order valence-corrected chi connectivity index (χ0v) is 15.6. The normalized spacial score (nSPS) is 10.9. The van der Waals surface area contributed by atoms with E-state index in [1.54, 1.807) is 6.07 Å². The van der Waals surface area contributed by atoms with Crippen LogP contribution in [0.25, 0.3) is 22.0 Å². The molecule has 0 aliphatic carbocycles. The zero-order valence-electron chi connectivity index (χ0n) is 15.6. The number of H-pyrrole nitrogens is 1. The maximum atomic E-state index is 11.7. The van der Waals surface area contributed by atoms with E-state index in [-0.39, 0.29) is 17.4 Å². The Labute approximate surface area is 168 Å². The third kappa shape index (κ3) is 5.63. The summed E-state index contributed by atoms with van der Waals surface area (Å²) in [6, 6.07) is 10.3. The first-order valence-electron chi connectivity index (χ1n) is 8.63. The van der Waals surface area contributed by atoms with E-state index in [1.165, 1.54) is 12.1 Å². The van der Waals surface area contributed by atoms with Crippen molar-refractivity contribution in [2.45, 2.75) is 25.9 Å². The molecule has 3 rings (SSSR count). The second-order valence-electron chi connectivity index (χ2n) is 6.14. The van der Waals surface area contributed by atoms with Crippen molar-refractivity contribution in [3.05, 3.63) is 36.4 Å². The molecule has 0 saturated carbocycles. The number of fused-ring (bicyclic) bond motifs is 1. The fourth-order valence-electron chi connectivity index (χ4n) is 2.42. The van der Waals surface area contributed by atoms with E-state index in [0.717, 1.165) is 28.5 Å². The van der Waals surface area contributed by atoms with Crippen LogP contribution in [0, 0.1) is 0 Å². The highest BCUT2D eigenvalue weighted by Gasteiger charge is 2.38. The highest BCUT2D eigenvalue weighted by atomic mass is 19.4. The number of alkyl halides is 3. The number of amides is 1. The maximum Gasteiger partial charge on any atom is 0.490 e. The number of anilines is 1. The second kappa shape index (κ2) is 9.16. The number of nitrogens with zero attached hydrogens (tertiary/aromatic N) is 1. The molecule has 2 aromatic carbocycles. The van der Waals surface area contributed by atoms with Gasteiger partial charge in [-0.05, 0) is 41.8 Å². The molecular weight excluding hydrogens is 407 g/mol. The molecule has 5 N–H and O–H groups in total. The summed E-state index contributed by atoms with van der Waals surface area (Å²) in [5, 5.41) is 36.8. The molecule has 0 radical (unpaired) electrons. The number of hydrogen-bond donors (Lipinski definition) is 5. The van der Waals surface area contributed by atoms with Crippen molar-refractivity contribution < 1.29 is 38.1 Å². The summed E-state index contributed by atoms with van der Waals surface area (Å²) in [6.45, 7) is 1.95. The number of hydrogen-bond acceptors (Lipinski definition) is 5. The van der Waals surface area contributed by atoms with E-state index < -0.39 is 12.1 Å². The van der Waals surface area contributed by atoms with Crippen LogP contribution >= 0.6 is 0 Å². The Kier molecular flexibility index (Phi) is 6.88. The number of aromatic nitrogens is 2. The molecule has 1 amide bonds. The molecule has 3 aromatic rings. The minimum absolute atomic E-state index is 0.0616. The van der Waals surface area contributed by atoms with Gasteiger partial charge in [0.05, 0.1) is 5.52 Å². The third-order valence-corrected chi connectivity index (χ3v) is 3.85. The van der Waals surface area contributed by atoms with E-state index in [2.05, 4.69) is 15.5 Å². The molecule has 0 fully saturated rings. The topological polar surface area (TPSA) is 136 Å². The highest BCUT2D eigenvalue weighted by molar-refractivity contribution is 6.00. The van der Waals surface area contributed by atoms with Gasteiger partial charge in [-0.15, -0.1) is 0 Å². The Morgan fingerprint density at radius 3 is 2.23 bits per heavy atom. The molecule has 1 aromatic heterocycles. The summed E-state index contributed by atoms with van der Waals surface area (Å²) >= 11 is 0. The molecule has 30 heavy (non-hydrogen) atoms. The Morgan fingerprint density at radius 1 is 1.07 bits per heavy atom. The summed E-state index contributed by atoms with van der Waals surface area (Å²) < 4.78 is 31.7. The highest BCUT2D eigenvalue weighted by Crippen LogP contribution is 2.32. The van der Waals surface area contributed by atoms with Crippen LogP contribution < -0.4 is 5.32 Å². The monoisotopic (exact) mass is 425 g/mol. The lowest BCUT2D eigenvalue weighted by Crippen LogP contribution is -2.21. The Morgan fingerprint density at radius 2 is 1.67 bits per heavy atom. The molecule has 0 aliphatic heterocycles. The quantitative estimate of drug-likeness (QED) is 0.401. The first kappa shape index (κ1) is 22.5. The van der Waals surface area contributed by atoms with Crippen LogP contribution in [0.4, 0.5) is 19.0 Å². The lowest BCUT2D eigenvalue weighted by atomic mass is 10.0. The van der Waals surface area contributed by atoms with Gasteiger partial charge < -0.3 is 20.6 Å². The van der Waals surface area contributed by atoms with Gasteiger partial charge in [0.25, 0.3) is 0 Å². The number of carboxylic acid groups (broad SMARTS) is 1. The van der Waals surface area contributed by atoms with Crippen molar-refractivity contribution >= 4 is 28.6 Å². The fourth-order valence-corrected chi connectivity index (χ4v) is 2.42. The zero-order chi connectivity index (χ0) is 22.5. The summed E-state index contributed by atoms with van der Waals surface area (Å²) in [6.07, 6.45) is -3.85. The van der Waals surface area contributed by atoms with Gasteiger partial charge in [0.2, 0.25) is 5.91 Å². The molecule has 0 saturated heterocycles. The van der Waals surface area contributed by atoms with Gasteiger partial charge in [0.15, 0.2) is 17.3 Å². The van der Waals surface area contributed by atoms with Crippen LogP contribution in [0.15, 0.2) is 36.4 Å². The SMILES string of the molecule is CCCC(=O)Nc1n[nH]c2cc(-c3ccc(O)c(O)c3)ccc12.O=C(O)C(F)(F)F. The minimum atomic E-state index is -5.08. The average molecular weight is 425 g/mol. The van der Waals surface area contributed by atoms with Gasteiger partial charge in [-0.25, -0.2) is 4.79 Å². The first-order valence-corrected chi connectivity index (χ1v) is 8.63. The number of rotatable bonds is 4. The molecule has 160 valence electrons.